The summed E-state index contributed by atoms with van der Waals surface area (Å²) in [7, 11) is 1.80. The number of amides is 1. The lowest BCUT2D eigenvalue weighted by molar-refractivity contribution is -0.119. The Morgan fingerprint density at radius 1 is 1.06 bits per heavy atom. The molecule has 2 aliphatic carbocycles. The molecule has 35 heavy (non-hydrogen) atoms. The summed E-state index contributed by atoms with van der Waals surface area (Å²) in [5.41, 5.74) is 5.63. The molecule has 2 saturated carbocycles. The number of hydrogen-bond acceptors (Lipinski definition) is 6. The van der Waals surface area contributed by atoms with Gasteiger partial charge < -0.3 is 5.32 Å². The lowest BCUT2D eigenvalue weighted by Crippen LogP contribution is -2.31. The molecule has 180 valence electrons. The lowest BCUT2D eigenvalue weighted by Gasteiger charge is -2.24. The van der Waals surface area contributed by atoms with Crippen molar-refractivity contribution in [2.75, 3.05) is 5.32 Å². The molecule has 0 spiro atoms. The second kappa shape index (κ2) is 8.44. The van der Waals surface area contributed by atoms with E-state index in [1.807, 2.05) is 38.1 Å². The SMILES string of the molecule is Cc1n[nH]c(C)c1-c1ccc(NC(=O)C(c2nc(-c3cnnn3C)n[nH]2)C(C2CC2)C2CC2)cc1. The quantitative estimate of drug-likeness (QED) is 0.359. The van der Waals surface area contributed by atoms with Crippen LogP contribution in [0.3, 0.4) is 0 Å². The number of nitrogens with one attached hydrogen (secondary N) is 3. The summed E-state index contributed by atoms with van der Waals surface area (Å²) in [5, 5.41) is 25.9. The highest BCUT2D eigenvalue weighted by Gasteiger charge is 2.49. The van der Waals surface area contributed by atoms with E-state index in [0.717, 1.165) is 28.2 Å². The average molecular weight is 472 g/mol. The number of benzene rings is 1. The summed E-state index contributed by atoms with van der Waals surface area (Å²) in [6.45, 7) is 4.00. The maximum atomic E-state index is 13.8. The van der Waals surface area contributed by atoms with Gasteiger partial charge in [0.15, 0.2) is 0 Å². The van der Waals surface area contributed by atoms with Gasteiger partial charge in [0.25, 0.3) is 0 Å². The number of carbonyl (C=O) groups is 1. The number of aromatic nitrogens is 8. The first-order valence-electron chi connectivity index (χ1n) is 12.2. The van der Waals surface area contributed by atoms with Crippen LogP contribution in [-0.2, 0) is 11.8 Å². The third kappa shape index (κ3) is 4.13. The van der Waals surface area contributed by atoms with Crippen molar-refractivity contribution in [2.45, 2.75) is 45.4 Å². The largest absolute Gasteiger partial charge is 0.325 e. The molecule has 3 heterocycles. The first kappa shape index (κ1) is 21.7. The third-order valence-corrected chi connectivity index (χ3v) is 7.31. The fourth-order valence-electron chi connectivity index (χ4n) is 5.31. The maximum Gasteiger partial charge on any atom is 0.235 e. The van der Waals surface area contributed by atoms with Crippen molar-refractivity contribution in [1.82, 2.24) is 40.4 Å². The summed E-state index contributed by atoms with van der Waals surface area (Å²) < 4.78 is 1.63. The van der Waals surface area contributed by atoms with Gasteiger partial charge in [-0.05, 0) is 75.0 Å². The van der Waals surface area contributed by atoms with Crippen LogP contribution in [0.4, 0.5) is 5.69 Å². The number of aromatic amines is 2. The lowest BCUT2D eigenvalue weighted by atomic mass is 9.82. The number of aryl methyl sites for hydroxylation is 3. The van der Waals surface area contributed by atoms with Gasteiger partial charge in [-0.3, -0.25) is 15.0 Å². The third-order valence-electron chi connectivity index (χ3n) is 7.31. The molecule has 1 atom stereocenters. The molecule has 3 N–H and O–H groups in total. The zero-order chi connectivity index (χ0) is 24.1. The van der Waals surface area contributed by atoms with E-state index in [2.05, 4.69) is 36.0 Å². The van der Waals surface area contributed by atoms with Gasteiger partial charge in [0.05, 0.1) is 11.9 Å². The smallest absolute Gasteiger partial charge is 0.235 e. The Kier molecular flexibility index (Phi) is 5.23. The highest BCUT2D eigenvalue weighted by Crippen LogP contribution is 2.54. The van der Waals surface area contributed by atoms with E-state index in [9.17, 15) is 4.79 Å². The molecule has 0 aliphatic heterocycles. The van der Waals surface area contributed by atoms with Gasteiger partial charge in [0, 0.05) is 24.0 Å². The molecular weight excluding hydrogens is 442 g/mol. The van der Waals surface area contributed by atoms with Crippen LogP contribution in [0.25, 0.3) is 22.6 Å². The zero-order valence-corrected chi connectivity index (χ0v) is 20.1. The van der Waals surface area contributed by atoms with Gasteiger partial charge in [-0.1, -0.05) is 17.3 Å². The standard InChI is InChI=1S/C25H29N9O/c1-13-20(14(2)30-29-13)15-8-10-18(11-9-15)27-25(35)22(21(16-4-5-16)17-6-7-17)24-28-23(31-32-24)19-12-26-33-34(19)3/h8-12,16-17,21-22H,4-7H2,1-3H3,(H,27,35)(H,29,30)(H,28,31,32). The zero-order valence-electron chi connectivity index (χ0n) is 20.1. The van der Waals surface area contributed by atoms with Crippen molar-refractivity contribution >= 4 is 11.6 Å². The molecule has 1 amide bonds. The monoisotopic (exact) mass is 471 g/mol. The van der Waals surface area contributed by atoms with Gasteiger partial charge in [0.2, 0.25) is 11.7 Å². The number of rotatable bonds is 8. The van der Waals surface area contributed by atoms with Crippen LogP contribution in [0.1, 0.15) is 48.8 Å². The molecule has 10 nitrogen and oxygen atoms in total. The second-order valence-electron chi connectivity index (χ2n) is 9.89. The van der Waals surface area contributed by atoms with Crippen molar-refractivity contribution < 1.29 is 4.79 Å². The molecule has 2 aliphatic rings. The molecular formula is C25H29N9O. The topological polar surface area (TPSA) is 130 Å². The summed E-state index contributed by atoms with van der Waals surface area (Å²) in [6.07, 6.45) is 6.34. The predicted molar refractivity (Wildman–Crippen MR) is 130 cm³/mol. The molecule has 1 unspecified atom stereocenters. The number of carbonyl (C=O) groups excluding carboxylic acids is 1. The van der Waals surface area contributed by atoms with E-state index in [4.69, 9.17) is 4.98 Å². The molecule has 0 radical (unpaired) electrons. The van der Waals surface area contributed by atoms with E-state index in [1.165, 1.54) is 25.7 Å². The fourth-order valence-corrected chi connectivity index (χ4v) is 5.31. The summed E-state index contributed by atoms with van der Waals surface area (Å²) in [6, 6.07) is 7.95. The Bertz CT molecular complexity index is 1330. The van der Waals surface area contributed by atoms with Crippen molar-refractivity contribution in [3.63, 3.8) is 0 Å². The average Bonchev–Trinajstić information content (AvgIpc) is 3.75. The van der Waals surface area contributed by atoms with Crippen LogP contribution in [0, 0.1) is 31.6 Å². The Morgan fingerprint density at radius 2 is 1.77 bits per heavy atom. The second-order valence-corrected chi connectivity index (χ2v) is 9.89. The van der Waals surface area contributed by atoms with Gasteiger partial charge >= 0.3 is 0 Å². The Balaban J connectivity index is 1.28. The molecule has 10 heteroatoms. The van der Waals surface area contributed by atoms with E-state index in [1.54, 1.807) is 17.9 Å². The van der Waals surface area contributed by atoms with E-state index in [0.29, 0.717) is 29.2 Å². The first-order chi connectivity index (χ1) is 17.0. The number of hydrogen-bond donors (Lipinski definition) is 3. The molecule has 6 rings (SSSR count). The van der Waals surface area contributed by atoms with Gasteiger partial charge in [-0.2, -0.15) is 10.2 Å². The van der Waals surface area contributed by atoms with Crippen LogP contribution >= 0.6 is 0 Å². The van der Waals surface area contributed by atoms with Crippen molar-refractivity contribution in [1.29, 1.82) is 0 Å². The van der Waals surface area contributed by atoms with Crippen LogP contribution in [0.5, 0.6) is 0 Å². The van der Waals surface area contributed by atoms with Crippen LogP contribution < -0.4 is 5.32 Å². The van der Waals surface area contributed by atoms with Crippen LogP contribution in [0.2, 0.25) is 0 Å². The molecule has 0 bridgehead atoms. The van der Waals surface area contributed by atoms with Crippen LogP contribution in [0.15, 0.2) is 30.5 Å². The number of H-pyrrole nitrogens is 2. The molecule has 2 fully saturated rings. The predicted octanol–water partition coefficient (Wildman–Crippen LogP) is 3.77. The summed E-state index contributed by atoms with van der Waals surface area (Å²) in [5.74, 6) is 2.11. The fraction of sp³-hybridized carbons (Fsp3) is 0.440. The molecule has 3 aromatic heterocycles. The minimum absolute atomic E-state index is 0.0388. The summed E-state index contributed by atoms with van der Waals surface area (Å²) >= 11 is 0. The van der Waals surface area contributed by atoms with Crippen molar-refractivity contribution in [3.8, 4) is 22.6 Å². The molecule has 0 saturated heterocycles. The Morgan fingerprint density at radius 3 is 2.34 bits per heavy atom. The number of anilines is 1. The van der Waals surface area contributed by atoms with E-state index in [-0.39, 0.29) is 17.7 Å². The van der Waals surface area contributed by atoms with Crippen LogP contribution in [-0.4, -0.2) is 46.3 Å². The van der Waals surface area contributed by atoms with E-state index >= 15 is 0 Å². The Hall–Kier alpha value is -3.82. The van der Waals surface area contributed by atoms with Gasteiger partial charge in [-0.25, -0.2) is 9.67 Å². The summed E-state index contributed by atoms with van der Waals surface area (Å²) in [4.78, 5) is 18.5. The van der Waals surface area contributed by atoms with Crippen molar-refractivity contribution in [3.05, 3.63) is 47.7 Å². The minimum atomic E-state index is -0.379. The Labute approximate surface area is 202 Å². The highest BCUT2D eigenvalue weighted by molar-refractivity contribution is 5.96. The first-order valence-corrected chi connectivity index (χ1v) is 12.2. The van der Waals surface area contributed by atoms with Gasteiger partial charge in [-0.15, -0.1) is 5.10 Å². The highest BCUT2D eigenvalue weighted by atomic mass is 16.2. The minimum Gasteiger partial charge on any atom is -0.325 e. The van der Waals surface area contributed by atoms with Gasteiger partial charge in [0.1, 0.15) is 17.4 Å². The van der Waals surface area contributed by atoms with E-state index < -0.39 is 0 Å². The maximum absolute atomic E-state index is 13.8. The molecule has 4 aromatic rings. The number of nitrogens with zero attached hydrogens (tertiary/aromatic N) is 6. The van der Waals surface area contributed by atoms with Crippen molar-refractivity contribution in [2.24, 2.45) is 24.8 Å². The normalized spacial score (nSPS) is 16.6. The molecule has 1 aromatic carbocycles.